The van der Waals surface area contributed by atoms with Gasteiger partial charge in [0.05, 0.1) is 0 Å². The van der Waals surface area contributed by atoms with Gasteiger partial charge in [0.2, 0.25) is 0 Å². The Hall–Kier alpha value is -0.663. The first kappa shape index (κ1) is 15.4. The summed E-state index contributed by atoms with van der Waals surface area (Å²) in [4.78, 5) is 4.53. The quantitative estimate of drug-likeness (QED) is 0.773. The second-order valence-corrected chi connectivity index (χ2v) is 10.3. The topological polar surface area (TPSA) is 55.2 Å². The van der Waals surface area contributed by atoms with Gasteiger partial charge >= 0.3 is 10.2 Å². The number of nitrogens with zero attached hydrogens (tertiary/aromatic N) is 3. The lowest BCUT2D eigenvalue weighted by Gasteiger charge is -2.21. The van der Waals surface area contributed by atoms with Crippen LogP contribution in [0.3, 0.4) is 0 Å². The predicted octanol–water partition coefficient (Wildman–Crippen LogP) is 0.796. The highest BCUT2D eigenvalue weighted by Gasteiger charge is 2.29. The van der Waals surface area contributed by atoms with E-state index >= 15 is 0 Å². The van der Waals surface area contributed by atoms with Gasteiger partial charge in [0.15, 0.2) is 0 Å². The Kier molecular flexibility index (Phi) is 4.09. The smallest absolute Gasteiger partial charge is 0.242 e. The van der Waals surface area contributed by atoms with Crippen LogP contribution < -0.4 is 5.32 Å². The summed E-state index contributed by atoms with van der Waals surface area (Å²) in [7, 11) is -1.21. The molecule has 1 aromatic heterocycles. The predicted molar refractivity (Wildman–Crippen MR) is 76.0 cm³/mol. The summed E-state index contributed by atoms with van der Waals surface area (Å²) in [5, 5.41) is 0.898. The molecule has 1 radical (unpaired) electrons. The van der Waals surface area contributed by atoms with Crippen LogP contribution in [-0.2, 0) is 15.6 Å². The largest absolute Gasteiger partial charge is 0.308 e. The Morgan fingerprint density at radius 3 is 2.11 bits per heavy atom. The minimum atomic E-state index is -3.50. The van der Waals surface area contributed by atoms with Crippen molar-refractivity contribution in [1.82, 2.24) is 13.3 Å². The molecule has 0 aliphatic heterocycles. The molecule has 0 saturated heterocycles. The number of rotatable bonds is 3. The molecule has 0 atom stereocenters. The van der Waals surface area contributed by atoms with Gasteiger partial charge in [0.1, 0.15) is 14.6 Å². The summed E-state index contributed by atoms with van der Waals surface area (Å²) in [6.45, 7) is 10.1. The highest BCUT2D eigenvalue weighted by Crippen LogP contribution is 2.21. The lowest BCUT2D eigenvalue weighted by atomic mass is 9.96. The summed E-state index contributed by atoms with van der Waals surface area (Å²) in [6.07, 6.45) is 1.67. The third kappa shape index (κ3) is 2.84. The summed E-state index contributed by atoms with van der Waals surface area (Å²) in [5.41, 5.74) is -0.307. The first-order chi connectivity index (χ1) is 7.98. The molecule has 18 heavy (non-hydrogen) atoms. The van der Waals surface area contributed by atoms with Crippen LogP contribution >= 0.6 is 0 Å². The maximum absolute atomic E-state index is 12.3. The molecular weight excluding hydrogens is 266 g/mol. The number of aromatic nitrogens is 2. The van der Waals surface area contributed by atoms with E-state index in [1.54, 1.807) is 6.20 Å². The first-order valence-electron chi connectivity index (χ1n) is 5.81. The highest BCUT2D eigenvalue weighted by molar-refractivity contribution is 7.87. The maximum atomic E-state index is 12.3. The highest BCUT2D eigenvalue weighted by atomic mass is 32.2. The van der Waals surface area contributed by atoms with Crippen molar-refractivity contribution in [3.63, 3.8) is 0 Å². The SMILES string of the molecule is CN(C)S(=O)(=O)n1cc([Si](C)C)nc1C(C)(C)C. The lowest BCUT2D eigenvalue weighted by Crippen LogP contribution is -2.32. The van der Waals surface area contributed by atoms with Crippen molar-refractivity contribution in [3.8, 4) is 0 Å². The van der Waals surface area contributed by atoms with Crippen molar-refractivity contribution >= 4 is 24.3 Å². The molecule has 1 rings (SSSR count). The molecule has 0 N–H and O–H groups in total. The molecule has 0 unspecified atom stereocenters. The lowest BCUT2D eigenvalue weighted by molar-refractivity contribution is 0.489. The van der Waals surface area contributed by atoms with Crippen LogP contribution in [0.1, 0.15) is 26.6 Å². The standard InChI is InChI=1S/C11H22N3O2SSi/c1-11(2,3)10-12-9(18(6)7)8-14(10)17(15,16)13(4)5/h8H,1-7H3. The first-order valence-corrected chi connectivity index (χ1v) is 9.71. The molecule has 0 spiro atoms. The maximum Gasteiger partial charge on any atom is 0.308 e. The second-order valence-electron chi connectivity index (χ2n) is 5.79. The molecular formula is C11H22N3O2SSi. The Labute approximate surface area is 112 Å². The molecule has 0 saturated carbocycles. The minimum absolute atomic E-state index is 0.307. The van der Waals surface area contributed by atoms with Gasteiger partial charge in [-0.1, -0.05) is 33.9 Å². The average molecular weight is 288 g/mol. The normalized spacial score (nSPS) is 13.6. The number of imidazole rings is 1. The summed E-state index contributed by atoms with van der Waals surface area (Å²) in [6, 6.07) is 0. The molecule has 0 fully saturated rings. The summed E-state index contributed by atoms with van der Waals surface area (Å²) in [5.74, 6) is 0.595. The Balaban J connectivity index is 3.53. The Morgan fingerprint density at radius 1 is 1.28 bits per heavy atom. The van der Waals surface area contributed by atoms with Crippen molar-refractivity contribution in [2.75, 3.05) is 14.1 Å². The van der Waals surface area contributed by atoms with E-state index in [-0.39, 0.29) is 5.41 Å². The molecule has 0 aromatic carbocycles. The molecule has 0 aliphatic carbocycles. The van der Waals surface area contributed by atoms with Gasteiger partial charge in [-0.05, 0) is 0 Å². The fraction of sp³-hybridized carbons (Fsp3) is 0.727. The summed E-state index contributed by atoms with van der Waals surface area (Å²) >= 11 is 0. The van der Waals surface area contributed by atoms with Crippen LogP contribution in [0.15, 0.2) is 6.20 Å². The van der Waals surface area contributed by atoms with E-state index in [0.29, 0.717) is 5.82 Å². The Bertz CT molecular complexity index is 527. The van der Waals surface area contributed by atoms with E-state index < -0.39 is 19.0 Å². The minimum Gasteiger partial charge on any atom is -0.242 e. The van der Waals surface area contributed by atoms with Crippen LogP contribution in [0, 0.1) is 0 Å². The average Bonchev–Trinajstić information content (AvgIpc) is 2.61. The number of hydrogen-bond donors (Lipinski definition) is 0. The van der Waals surface area contributed by atoms with Crippen LogP contribution in [-0.4, -0.2) is 44.6 Å². The molecule has 103 valence electrons. The molecule has 0 amide bonds. The molecule has 1 heterocycles. The monoisotopic (exact) mass is 288 g/mol. The van der Waals surface area contributed by atoms with Crippen molar-refractivity contribution in [2.45, 2.75) is 39.3 Å². The van der Waals surface area contributed by atoms with E-state index in [1.165, 1.54) is 22.4 Å². The van der Waals surface area contributed by atoms with Gasteiger partial charge in [0.25, 0.3) is 0 Å². The fourth-order valence-electron chi connectivity index (χ4n) is 1.46. The van der Waals surface area contributed by atoms with Crippen molar-refractivity contribution in [2.24, 2.45) is 0 Å². The molecule has 5 nitrogen and oxygen atoms in total. The zero-order chi connectivity index (χ0) is 14.3. The number of hydrogen-bond acceptors (Lipinski definition) is 3. The van der Waals surface area contributed by atoms with E-state index in [1.807, 2.05) is 20.8 Å². The van der Waals surface area contributed by atoms with Gasteiger partial charge in [-0.2, -0.15) is 12.7 Å². The third-order valence-electron chi connectivity index (χ3n) is 2.57. The van der Waals surface area contributed by atoms with Crippen LogP contribution in [0.2, 0.25) is 13.1 Å². The molecule has 1 aromatic rings. The van der Waals surface area contributed by atoms with Crippen LogP contribution in [0.25, 0.3) is 0 Å². The van der Waals surface area contributed by atoms with Crippen molar-refractivity contribution < 1.29 is 8.42 Å². The van der Waals surface area contributed by atoms with Gasteiger partial charge in [-0.15, -0.1) is 0 Å². The fourth-order valence-corrected chi connectivity index (χ4v) is 3.38. The van der Waals surface area contributed by atoms with Crippen molar-refractivity contribution in [1.29, 1.82) is 0 Å². The zero-order valence-corrected chi connectivity index (χ0v) is 14.0. The molecule has 0 bridgehead atoms. The third-order valence-corrected chi connectivity index (χ3v) is 5.53. The van der Waals surface area contributed by atoms with Gasteiger partial charge in [0, 0.05) is 31.0 Å². The molecule has 0 aliphatic rings. The van der Waals surface area contributed by atoms with Gasteiger partial charge in [-0.3, -0.25) is 0 Å². The Morgan fingerprint density at radius 2 is 1.78 bits per heavy atom. The van der Waals surface area contributed by atoms with E-state index in [0.717, 1.165) is 5.32 Å². The van der Waals surface area contributed by atoms with Gasteiger partial charge in [-0.25, -0.2) is 8.96 Å². The second kappa shape index (κ2) is 4.79. The van der Waals surface area contributed by atoms with Crippen LogP contribution in [0.5, 0.6) is 0 Å². The molecule has 7 heteroatoms. The van der Waals surface area contributed by atoms with E-state index in [4.69, 9.17) is 0 Å². The van der Waals surface area contributed by atoms with Crippen molar-refractivity contribution in [3.05, 3.63) is 12.0 Å². The zero-order valence-electron chi connectivity index (χ0n) is 12.1. The van der Waals surface area contributed by atoms with Gasteiger partial charge < -0.3 is 0 Å². The van der Waals surface area contributed by atoms with Crippen LogP contribution in [0.4, 0.5) is 0 Å². The summed E-state index contributed by atoms with van der Waals surface area (Å²) < 4.78 is 27.1. The van der Waals surface area contributed by atoms with E-state index in [2.05, 4.69) is 18.1 Å². The van der Waals surface area contributed by atoms with E-state index in [9.17, 15) is 8.42 Å².